The van der Waals surface area contributed by atoms with Crippen LogP contribution in [0.2, 0.25) is 0 Å². The Labute approximate surface area is 73.0 Å². The Bertz CT molecular complexity index is 102. The molecule has 1 nitrogen and oxygen atoms in total. The second-order valence-corrected chi connectivity index (χ2v) is 4.22. The predicted octanol–water partition coefficient (Wildman–Crippen LogP) is 2.27. The van der Waals surface area contributed by atoms with Gasteiger partial charge >= 0.3 is 0 Å². The highest BCUT2D eigenvalue weighted by atomic mass is 32.2. The number of rotatable bonds is 3. The van der Waals surface area contributed by atoms with Crippen molar-refractivity contribution >= 4 is 28.3 Å². The molecular weight excluding hydrogens is 162 g/mol. The van der Waals surface area contributed by atoms with Crippen LogP contribution in [0, 0.1) is 5.92 Å². The first-order valence-corrected chi connectivity index (χ1v) is 4.96. The molecule has 0 aliphatic carbocycles. The number of thioether (sulfide) groups is 1. The summed E-state index contributed by atoms with van der Waals surface area (Å²) in [6.45, 7) is 7.38. The monoisotopic (exact) mass is 177 g/mol. The Morgan fingerprint density at radius 3 is 2.60 bits per heavy atom. The van der Waals surface area contributed by atoms with Crippen LogP contribution in [0.15, 0.2) is 0 Å². The van der Waals surface area contributed by atoms with Crippen molar-refractivity contribution in [1.82, 2.24) is 5.32 Å². The normalized spacial score (nSPS) is 10.0. The molecule has 0 aromatic heterocycles. The van der Waals surface area contributed by atoms with Crippen molar-refractivity contribution in [3.8, 4) is 0 Å². The third kappa shape index (κ3) is 6.36. The maximum absolute atomic E-state index is 5.02. The molecule has 0 aromatic rings. The highest BCUT2D eigenvalue weighted by molar-refractivity contribution is 8.22. The minimum atomic E-state index is 0.724. The van der Waals surface area contributed by atoms with Crippen molar-refractivity contribution < 1.29 is 0 Å². The Hall–Kier alpha value is 0.240. The lowest BCUT2D eigenvalue weighted by atomic mass is 10.3. The zero-order valence-electron chi connectivity index (χ0n) is 6.81. The summed E-state index contributed by atoms with van der Waals surface area (Å²) in [5.74, 6) is 1.84. The molecule has 10 heavy (non-hydrogen) atoms. The molecule has 0 bridgehead atoms. The standard InChI is InChI=1S/C7H15NS2/c1-4-8-7(9)10-5-6(2)3/h6H,4-5H2,1-3H3,(H,8,9). The first-order valence-electron chi connectivity index (χ1n) is 3.57. The fourth-order valence-electron chi connectivity index (χ4n) is 0.438. The maximum Gasteiger partial charge on any atom is 0.133 e. The second kappa shape index (κ2) is 5.98. The molecule has 3 heteroatoms. The molecule has 0 aliphatic heterocycles. The summed E-state index contributed by atoms with van der Waals surface area (Å²) in [7, 11) is 0. The molecular formula is C7H15NS2. The van der Waals surface area contributed by atoms with Gasteiger partial charge in [0.15, 0.2) is 0 Å². The molecule has 60 valence electrons. The van der Waals surface area contributed by atoms with E-state index in [9.17, 15) is 0 Å². The molecule has 0 saturated carbocycles. The molecule has 1 N–H and O–H groups in total. The van der Waals surface area contributed by atoms with Gasteiger partial charge in [0, 0.05) is 12.3 Å². The molecule has 0 rings (SSSR count). The van der Waals surface area contributed by atoms with Crippen molar-refractivity contribution in [2.24, 2.45) is 5.92 Å². The van der Waals surface area contributed by atoms with Crippen LogP contribution in [-0.2, 0) is 0 Å². The lowest BCUT2D eigenvalue weighted by Crippen LogP contribution is -2.18. The predicted molar refractivity (Wildman–Crippen MR) is 53.6 cm³/mol. The van der Waals surface area contributed by atoms with Crippen LogP contribution in [0.25, 0.3) is 0 Å². The van der Waals surface area contributed by atoms with Gasteiger partial charge in [0.25, 0.3) is 0 Å². The largest absolute Gasteiger partial charge is 0.371 e. The van der Waals surface area contributed by atoms with Gasteiger partial charge in [0.05, 0.1) is 0 Å². The van der Waals surface area contributed by atoms with Crippen LogP contribution in [-0.4, -0.2) is 16.6 Å². The van der Waals surface area contributed by atoms with E-state index in [1.54, 1.807) is 11.8 Å². The van der Waals surface area contributed by atoms with Crippen LogP contribution in [0.3, 0.4) is 0 Å². The third-order valence-electron chi connectivity index (χ3n) is 0.869. The average Bonchev–Trinajstić information content (AvgIpc) is 1.85. The van der Waals surface area contributed by atoms with Crippen molar-refractivity contribution in [3.63, 3.8) is 0 Å². The van der Waals surface area contributed by atoms with Crippen molar-refractivity contribution in [2.75, 3.05) is 12.3 Å². The first-order chi connectivity index (χ1) is 4.66. The van der Waals surface area contributed by atoms with Gasteiger partial charge in [-0.05, 0) is 12.8 Å². The van der Waals surface area contributed by atoms with E-state index in [-0.39, 0.29) is 0 Å². The Morgan fingerprint density at radius 1 is 1.60 bits per heavy atom. The second-order valence-electron chi connectivity index (χ2n) is 2.52. The highest BCUT2D eigenvalue weighted by Gasteiger charge is 1.97. The van der Waals surface area contributed by atoms with E-state index < -0.39 is 0 Å². The lowest BCUT2D eigenvalue weighted by molar-refractivity contribution is 0.752. The van der Waals surface area contributed by atoms with Crippen LogP contribution < -0.4 is 5.32 Å². The Kier molecular flexibility index (Phi) is 6.13. The molecule has 0 heterocycles. The number of hydrogen-bond donors (Lipinski definition) is 1. The van der Waals surface area contributed by atoms with Gasteiger partial charge in [-0.25, -0.2) is 0 Å². The van der Waals surface area contributed by atoms with Crippen molar-refractivity contribution in [2.45, 2.75) is 20.8 Å². The van der Waals surface area contributed by atoms with Gasteiger partial charge in [-0.2, -0.15) is 0 Å². The summed E-state index contributed by atoms with van der Waals surface area (Å²) in [5, 5.41) is 3.10. The van der Waals surface area contributed by atoms with Crippen LogP contribution in [0.5, 0.6) is 0 Å². The van der Waals surface area contributed by atoms with Crippen molar-refractivity contribution in [1.29, 1.82) is 0 Å². The zero-order chi connectivity index (χ0) is 7.98. The summed E-state index contributed by atoms with van der Waals surface area (Å²) >= 11 is 6.75. The average molecular weight is 177 g/mol. The number of thiocarbonyl (C=S) groups is 1. The molecule has 0 aliphatic rings. The van der Waals surface area contributed by atoms with E-state index in [1.807, 2.05) is 0 Å². The molecule has 0 unspecified atom stereocenters. The quantitative estimate of drug-likeness (QED) is 0.664. The SMILES string of the molecule is CCNC(=S)SCC(C)C. The van der Waals surface area contributed by atoms with Crippen LogP contribution in [0.4, 0.5) is 0 Å². The van der Waals surface area contributed by atoms with E-state index in [2.05, 4.69) is 26.1 Å². The molecule has 0 amide bonds. The third-order valence-corrected chi connectivity index (χ3v) is 2.61. The smallest absolute Gasteiger partial charge is 0.133 e. The summed E-state index contributed by atoms with van der Waals surface area (Å²) in [4.78, 5) is 0. The van der Waals surface area contributed by atoms with Crippen molar-refractivity contribution in [3.05, 3.63) is 0 Å². The van der Waals surface area contributed by atoms with E-state index in [0.29, 0.717) is 0 Å². The van der Waals surface area contributed by atoms with Gasteiger partial charge in [0.1, 0.15) is 4.32 Å². The number of hydrogen-bond acceptors (Lipinski definition) is 2. The Balaban J connectivity index is 3.22. The summed E-state index contributed by atoms with van der Waals surface area (Å²) in [6.07, 6.45) is 0. The van der Waals surface area contributed by atoms with Crippen LogP contribution >= 0.6 is 24.0 Å². The van der Waals surface area contributed by atoms with Crippen LogP contribution in [0.1, 0.15) is 20.8 Å². The molecule has 0 aromatic carbocycles. The number of nitrogens with one attached hydrogen (secondary N) is 1. The zero-order valence-corrected chi connectivity index (χ0v) is 8.44. The Morgan fingerprint density at radius 2 is 2.20 bits per heavy atom. The van der Waals surface area contributed by atoms with E-state index in [1.165, 1.54) is 0 Å². The van der Waals surface area contributed by atoms with Gasteiger partial charge in [0.2, 0.25) is 0 Å². The molecule has 0 atom stereocenters. The summed E-state index contributed by atoms with van der Waals surface area (Å²) in [6, 6.07) is 0. The lowest BCUT2D eigenvalue weighted by Gasteiger charge is -2.05. The maximum atomic E-state index is 5.02. The van der Waals surface area contributed by atoms with Gasteiger partial charge < -0.3 is 5.32 Å². The topological polar surface area (TPSA) is 12.0 Å². The molecule has 0 saturated heterocycles. The summed E-state index contributed by atoms with van der Waals surface area (Å²) in [5.41, 5.74) is 0. The first kappa shape index (κ1) is 10.2. The van der Waals surface area contributed by atoms with Gasteiger partial charge in [-0.1, -0.05) is 37.8 Å². The summed E-state index contributed by atoms with van der Waals surface area (Å²) < 4.78 is 0.927. The van der Waals surface area contributed by atoms with Gasteiger partial charge in [-0.15, -0.1) is 0 Å². The van der Waals surface area contributed by atoms with E-state index in [0.717, 1.165) is 22.5 Å². The van der Waals surface area contributed by atoms with E-state index in [4.69, 9.17) is 12.2 Å². The minimum absolute atomic E-state index is 0.724. The van der Waals surface area contributed by atoms with Gasteiger partial charge in [-0.3, -0.25) is 0 Å². The fraction of sp³-hybridized carbons (Fsp3) is 0.857. The molecule has 0 radical (unpaired) electrons. The fourth-order valence-corrected chi connectivity index (χ4v) is 1.52. The minimum Gasteiger partial charge on any atom is -0.371 e. The highest BCUT2D eigenvalue weighted by Crippen LogP contribution is 2.07. The van der Waals surface area contributed by atoms with E-state index >= 15 is 0 Å². The molecule has 0 spiro atoms. The molecule has 0 fully saturated rings.